The fourth-order valence-electron chi connectivity index (χ4n) is 2.85. The zero-order valence-corrected chi connectivity index (χ0v) is 14.5. The number of fused-ring (bicyclic) bond motifs is 1. The summed E-state index contributed by atoms with van der Waals surface area (Å²) in [6.45, 7) is 2.12. The topological polar surface area (TPSA) is 3.24 Å². The minimum absolute atomic E-state index is 0.897. The number of hydrogen-bond acceptors (Lipinski definition) is 1. The molecule has 0 fully saturated rings. The van der Waals surface area contributed by atoms with E-state index in [0.29, 0.717) is 0 Å². The van der Waals surface area contributed by atoms with Crippen molar-refractivity contribution in [2.24, 2.45) is 0 Å². The van der Waals surface area contributed by atoms with Gasteiger partial charge in [-0.15, -0.1) is 0 Å². The molecule has 1 aliphatic rings. The molecule has 3 heteroatoms. The lowest BCUT2D eigenvalue weighted by atomic mass is 10.0. The van der Waals surface area contributed by atoms with E-state index in [0.717, 1.165) is 22.9 Å². The highest BCUT2D eigenvalue weighted by Gasteiger charge is 2.16. The molecule has 1 aliphatic heterocycles. The molecule has 0 aromatic heterocycles. The van der Waals surface area contributed by atoms with Crippen LogP contribution in [0.3, 0.4) is 0 Å². The van der Waals surface area contributed by atoms with Crippen molar-refractivity contribution in [3.05, 3.63) is 63.6 Å². The van der Waals surface area contributed by atoms with Crippen molar-refractivity contribution in [3.8, 4) is 0 Å². The van der Waals surface area contributed by atoms with Crippen molar-refractivity contribution in [3.63, 3.8) is 0 Å². The zero-order chi connectivity index (χ0) is 13.9. The van der Waals surface area contributed by atoms with Crippen molar-refractivity contribution < 1.29 is 0 Å². The lowest BCUT2D eigenvalue weighted by molar-refractivity contribution is 0.763. The van der Waals surface area contributed by atoms with E-state index in [1.165, 1.54) is 35.2 Å². The summed E-state index contributed by atoms with van der Waals surface area (Å²) in [5.74, 6) is 0. The SMILES string of the molecule is BrCc1ccc(Br)cc1N1CCCc2ccccc2C1. The maximum Gasteiger partial charge on any atom is 0.0432 e. The molecule has 0 aliphatic carbocycles. The highest BCUT2D eigenvalue weighted by molar-refractivity contribution is 9.10. The van der Waals surface area contributed by atoms with Crippen LogP contribution < -0.4 is 4.90 Å². The molecule has 0 unspecified atom stereocenters. The van der Waals surface area contributed by atoms with Gasteiger partial charge < -0.3 is 4.90 Å². The molecular formula is C17H17Br2N. The number of benzene rings is 2. The molecule has 0 radical (unpaired) electrons. The van der Waals surface area contributed by atoms with Gasteiger partial charge in [0, 0.05) is 28.6 Å². The maximum absolute atomic E-state index is 3.61. The van der Waals surface area contributed by atoms with Gasteiger partial charge in [0.2, 0.25) is 0 Å². The Morgan fingerprint density at radius 3 is 2.65 bits per heavy atom. The van der Waals surface area contributed by atoms with E-state index in [2.05, 4.69) is 79.2 Å². The Bertz CT molecular complexity index is 610. The van der Waals surface area contributed by atoms with Crippen LogP contribution in [0.1, 0.15) is 23.1 Å². The molecule has 0 amide bonds. The van der Waals surface area contributed by atoms with E-state index in [1.807, 2.05) is 0 Å². The average molecular weight is 395 g/mol. The zero-order valence-electron chi connectivity index (χ0n) is 11.3. The van der Waals surface area contributed by atoms with E-state index in [-0.39, 0.29) is 0 Å². The highest BCUT2D eigenvalue weighted by Crippen LogP contribution is 2.30. The molecule has 0 bridgehead atoms. The Morgan fingerprint density at radius 1 is 1.05 bits per heavy atom. The van der Waals surface area contributed by atoms with Crippen molar-refractivity contribution in [2.75, 3.05) is 11.4 Å². The Labute approximate surface area is 137 Å². The third kappa shape index (κ3) is 2.94. The molecule has 1 heterocycles. The largest absolute Gasteiger partial charge is 0.367 e. The summed E-state index contributed by atoms with van der Waals surface area (Å²) in [7, 11) is 0. The van der Waals surface area contributed by atoms with Gasteiger partial charge in [-0.2, -0.15) is 0 Å². The second-order valence-corrected chi connectivity index (χ2v) is 6.68. The molecule has 0 saturated carbocycles. The van der Waals surface area contributed by atoms with Crippen LogP contribution in [-0.4, -0.2) is 6.54 Å². The molecule has 20 heavy (non-hydrogen) atoms. The highest BCUT2D eigenvalue weighted by atomic mass is 79.9. The summed E-state index contributed by atoms with van der Waals surface area (Å²) in [5.41, 5.74) is 5.66. The molecule has 0 spiro atoms. The lowest BCUT2D eigenvalue weighted by Crippen LogP contribution is -2.23. The second-order valence-electron chi connectivity index (χ2n) is 5.20. The summed E-state index contributed by atoms with van der Waals surface area (Å²) in [6, 6.07) is 15.4. The van der Waals surface area contributed by atoms with Crippen LogP contribution in [0.5, 0.6) is 0 Å². The van der Waals surface area contributed by atoms with Crippen LogP contribution in [0.2, 0.25) is 0 Å². The minimum atomic E-state index is 0.897. The first-order valence-corrected chi connectivity index (χ1v) is 8.85. The third-order valence-electron chi connectivity index (χ3n) is 3.89. The fourth-order valence-corrected chi connectivity index (χ4v) is 3.67. The van der Waals surface area contributed by atoms with Crippen LogP contribution in [-0.2, 0) is 18.3 Å². The van der Waals surface area contributed by atoms with Crippen LogP contribution in [0, 0.1) is 0 Å². The van der Waals surface area contributed by atoms with Crippen molar-refractivity contribution >= 4 is 37.5 Å². The monoisotopic (exact) mass is 393 g/mol. The van der Waals surface area contributed by atoms with Crippen molar-refractivity contribution in [1.82, 2.24) is 0 Å². The van der Waals surface area contributed by atoms with E-state index >= 15 is 0 Å². The first kappa shape index (κ1) is 14.2. The fraction of sp³-hybridized carbons (Fsp3) is 0.294. The van der Waals surface area contributed by atoms with Gasteiger partial charge in [-0.1, -0.05) is 62.2 Å². The number of halogens is 2. The minimum Gasteiger partial charge on any atom is -0.367 e. The molecule has 0 N–H and O–H groups in total. The molecule has 2 aromatic rings. The van der Waals surface area contributed by atoms with Gasteiger partial charge >= 0.3 is 0 Å². The summed E-state index contributed by atoms with van der Waals surface area (Å²) < 4.78 is 1.15. The number of aryl methyl sites for hydroxylation is 1. The number of hydrogen-bond donors (Lipinski definition) is 0. The molecule has 1 nitrogen and oxygen atoms in total. The van der Waals surface area contributed by atoms with Crippen LogP contribution in [0.4, 0.5) is 5.69 Å². The number of rotatable bonds is 2. The Kier molecular flexibility index (Phi) is 4.47. The van der Waals surface area contributed by atoms with Gasteiger partial charge in [0.15, 0.2) is 0 Å². The predicted octanol–water partition coefficient (Wildman–Crippen LogP) is 5.30. The third-order valence-corrected chi connectivity index (χ3v) is 4.98. The molecule has 0 atom stereocenters. The van der Waals surface area contributed by atoms with Gasteiger partial charge in [-0.3, -0.25) is 0 Å². The smallest absolute Gasteiger partial charge is 0.0432 e. The summed E-state index contributed by atoms with van der Waals surface area (Å²) in [5, 5.41) is 0.897. The summed E-state index contributed by atoms with van der Waals surface area (Å²) in [6.07, 6.45) is 2.40. The first-order valence-electron chi connectivity index (χ1n) is 6.94. The maximum atomic E-state index is 3.61. The van der Waals surface area contributed by atoms with Crippen molar-refractivity contribution in [1.29, 1.82) is 0 Å². The van der Waals surface area contributed by atoms with Crippen LogP contribution in [0.25, 0.3) is 0 Å². The van der Waals surface area contributed by atoms with Gasteiger partial charge in [-0.05, 0) is 41.7 Å². The normalized spacial score (nSPS) is 14.8. The second kappa shape index (κ2) is 6.31. The number of anilines is 1. The number of nitrogens with zero attached hydrogens (tertiary/aromatic N) is 1. The van der Waals surface area contributed by atoms with E-state index in [4.69, 9.17) is 0 Å². The van der Waals surface area contributed by atoms with Crippen molar-refractivity contribution in [2.45, 2.75) is 24.7 Å². The Hall–Kier alpha value is -0.800. The Morgan fingerprint density at radius 2 is 1.85 bits per heavy atom. The molecule has 2 aromatic carbocycles. The van der Waals surface area contributed by atoms with E-state index in [9.17, 15) is 0 Å². The quantitative estimate of drug-likeness (QED) is 0.625. The van der Waals surface area contributed by atoms with Crippen LogP contribution >= 0.6 is 31.9 Å². The Balaban J connectivity index is 1.97. The molecule has 104 valence electrons. The average Bonchev–Trinajstić information content (AvgIpc) is 2.69. The van der Waals surface area contributed by atoms with Gasteiger partial charge in [0.25, 0.3) is 0 Å². The number of alkyl halides is 1. The van der Waals surface area contributed by atoms with Gasteiger partial charge in [0.05, 0.1) is 0 Å². The first-order chi connectivity index (χ1) is 9.78. The van der Waals surface area contributed by atoms with Gasteiger partial charge in [0.1, 0.15) is 0 Å². The summed E-state index contributed by atoms with van der Waals surface area (Å²) in [4.78, 5) is 2.51. The van der Waals surface area contributed by atoms with Gasteiger partial charge in [-0.25, -0.2) is 0 Å². The summed E-state index contributed by atoms with van der Waals surface area (Å²) >= 11 is 7.21. The van der Waals surface area contributed by atoms with Crippen LogP contribution in [0.15, 0.2) is 46.9 Å². The van der Waals surface area contributed by atoms with E-state index < -0.39 is 0 Å². The molecular weight excluding hydrogens is 378 g/mol. The lowest BCUT2D eigenvalue weighted by Gasteiger charge is -2.26. The molecule has 0 saturated heterocycles. The predicted molar refractivity (Wildman–Crippen MR) is 92.6 cm³/mol. The van der Waals surface area contributed by atoms with E-state index in [1.54, 1.807) is 0 Å². The molecule has 3 rings (SSSR count). The standard InChI is InChI=1S/C17H17Br2N/c18-11-14-7-8-16(19)10-17(14)20-9-3-6-13-4-1-2-5-15(13)12-20/h1-2,4-5,7-8,10H,3,6,9,11-12H2.